The lowest BCUT2D eigenvalue weighted by molar-refractivity contribution is -0.124. The number of anilines is 1. The number of benzene rings is 1. The molecule has 4 atom stereocenters. The van der Waals surface area contributed by atoms with E-state index >= 15 is 0 Å². The van der Waals surface area contributed by atoms with E-state index in [2.05, 4.69) is 26.5 Å². The molecule has 3 aliphatic heterocycles. The van der Waals surface area contributed by atoms with Crippen molar-refractivity contribution in [3.8, 4) is 6.07 Å². The molecule has 31 heavy (non-hydrogen) atoms. The monoisotopic (exact) mass is 427 g/mol. The van der Waals surface area contributed by atoms with Crippen LogP contribution in [0.2, 0.25) is 0 Å². The highest BCUT2D eigenvalue weighted by atomic mass is 19.1. The number of carbonyl (C=O) groups is 1. The lowest BCUT2D eigenvalue weighted by Gasteiger charge is -2.43. The Hall–Kier alpha value is -2.21. The predicted molar refractivity (Wildman–Crippen MR) is 114 cm³/mol. The Balaban J connectivity index is 1.16. The van der Waals surface area contributed by atoms with E-state index in [1.54, 1.807) is 12.1 Å². The zero-order valence-electron chi connectivity index (χ0n) is 17.7. The van der Waals surface area contributed by atoms with E-state index in [1.807, 2.05) is 6.07 Å². The van der Waals surface area contributed by atoms with Crippen LogP contribution in [0.5, 0.6) is 0 Å². The summed E-state index contributed by atoms with van der Waals surface area (Å²) in [7, 11) is 0. The Labute approximate surface area is 182 Å². The minimum atomic E-state index is -0.734. The molecule has 3 saturated heterocycles. The number of piperazine rings is 1. The first-order valence-electron chi connectivity index (χ1n) is 11.4. The minimum absolute atomic E-state index is 0.134. The van der Waals surface area contributed by atoms with Gasteiger partial charge in [-0.05, 0) is 42.9 Å². The summed E-state index contributed by atoms with van der Waals surface area (Å²) in [6.45, 7) is 5.27. The number of nitriles is 1. The molecule has 1 aromatic carbocycles. The second-order valence-electron chi connectivity index (χ2n) is 9.30. The third-order valence-electron chi connectivity index (χ3n) is 7.39. The fourth-order valence-electron chi connectivity index (χ4n) is 5.44. The summed E-state index contributed by atoms with van der Waals surface area (Å²) in [5.41, 5.74) is 1.33. The van der Waals surface area contributed by atoms with Gasteiger partial charge in [-0.2, -0.15) is 5.26 Å². The number of nitrogens with zero attached hydrogens (tertiary/aromatic N) is 3. The summed E-state index contributed by atoms with van der Waals surface area (Å²) in [5.74, 6) is -0.0944. The van der Waals surface area contributed by atoms with Gasteiger partial charge >= 0.3 is 0 Å². The highest BCUT2D eigenvalue weighted by Gasteiger charge is 2.43. The third-order valence-corrected chi connectivity index (χ3v) is 7.39. The van der Waals surface area contributed by atoms with Gasteiger partial charge in [-0.15, -0.1) is 0 Å². The Morgan fingerprint density at radius 2 is 2.10 bits per heavy atom. The average Bonchev–Trinajstić information content (AvgIpc) is 3.37. The average molecular weight is 428 g/mol. The van der Waals surface area contributed by atoms with Gasteiger partial charge in [-0.1, -0.05) is 6.07 Å². The first-order valence-corrected chi connectivity index (χ1v) is 11.4. The molecule has 1 aromatic rings. The fraction of sp³-hybridized carbons (Fsp3) is 0.652. The topological polar surface area (TPSA) is 80.6 Å². The molecule has 3 heterocycles. The van der Waals surface area contributed by atoms with E-state index in [0.29, 0.717) is 23.6 Å². The van der Waals surface area contributed by atoms with Crippen LogP contribution in [0.25, 0.3) is 0 Å². The Morgan fingerprint density at radius 1 is 1.29 bits per heavy atom. The van der Waals surface area contributed by atoms with Crippen molar-refractivity contribution in [1.82, 2.24) is 15.5 Å². The van der Waals surface area contributed by atoms with Crippen molar-refractivity contribution in [3.05, 3.63) is 29.6 Å². The molecule has 3 unspecified atom stereocenters. The van der Waals surface area contributed by atoms with Crippen molar-refractivity contribution in [2.75, 3.05) is 44.3 Å². The van der Waals surface area contributed by atoms with Gasteiger partial charge in [0.2, 0.25) is 5.91 Å². The first-order chi connectivity index (χ1) is 15.1. The maximum Gasteiger partial charge on any atom is 0.238 e. The number of nitrogens with one attached hydrogen (secondary N) is 2. The molecule has 7 nitrogen and oxygen atoms in total. The second kappa shape index (κ2) is 8.73. The SMILES string of the molecule is N#C[C@H](Cc1ccc(N2CCN(C3COC3)CC2)cc1F)NC(=O)C1NC2CCC1C2. The molecule has 1 saturated carbocycles. The van der Waals surface area contributed by atoms with Crippen LogP contribution in [0.3, 0.4) is 0 Å². The van der Waals surface area contributed by atoms with Gasteiger partial charge in [0, 0.05) is 44.3 Å². The number of piperidine rings is 1. The Morgan fingerprint density at radius 3 is 2.68 bits per heavy atom. The number of ether oxygens (including phenoxy) is 1. The highest BCUT2D eigenvalue weighted by molar-refractivity contribution is 5.83. The summed E-state index contributed by atoms with van der Waals surface area (Å²) in [5, 5.41) is 15.7. The standard InChI is InChI=1S/C23H30FN5O2/c24-21-11-19(28-5-7-29(8-6-28)20-13-31-14-20)4-2-15(21)9-18(12-25)27-23(30)22-16-1-3-17(10-16)26-22/h2,4,11,16-18,20,22,26H,1,3,5-10,13-14H2,(H,27,30)/t16?,17?,18-,22?/m0/s1. The summed E-state index contributed by atoms with van der Waals surface area (Å²) >= 11 is 0. The molecule has 1 aliphatic carbocycles. The Kier molecular flexibility index (Phi) is 5.83. The number of hydrogen-bond donors (Lipinski definition) is 2. The molecule has 4 aliphatic rings. The molecule has 2 N–H and O–H groups in total. The number of hydrogen-bond acceptors (Lipinski definition) is 6. The zero-order valence-corrected chi connectivity index (χ0v) is 17.7. The summed E-state index contributed by atoms with van der Waals surface area (Å²) in [4.78, 5) is 17.2. The van der Waals surface area contributed by atoms with Gasteiger partial charge in [-0.25, -0.2) is 4.39 Å². The lowest BCUT2D eigenvalue weighted by atomic mass is 9.98. The number of fused-ring (bicyclic) bond motifs is 2. The smallest absolute Gasteiger partial charge is 0.238 e. The van der Waals surface area contributed by atoms with E-state index in [9.17, 15) is 14.4 Å². The molecule has 4 fully saturated rings. The summed E-state index contributed by atoms with van der Waals surface area (Å²) in [6, 6.07) is 7.38. The second-order valence-corrected chi connectivity index (χ2v) is 9.30. The number of halogens is 1. The highest BCUT2D eigenvalue weighted by Crippen LogP contribution is 2.35. The van der Waals surface area contributed by atoms with Crippen LogP contribution in [-0.4, -0.2) is 74.4 Å². The van der Waals surface area contributed by atoms with Gasteiger partial charge in [0.1, 0.15) is 11.9 Å². The Bertz CT molecular complexity index is 862. The number of rotatable bonds is 6. The molecular weight excluding hydrogens is 397 g/mol. The lowest BCUT2D eigenvalue weighted by Crippen LogP contribution is -2.56. The van der Waals surface area contributed by atoms with Crippen LogP contribution in [0, 0.1) is 23.1 Å². The van der Waals surface area contributed by atoms with Gasteiger partial charge in [0.05, 0.1) is 31.4 Å². The maximum atomic E-state index is 14.8. The minimum Gasteiger partial charge on any atom is -0.378 e. The summed E-state index contributed by atoms with van der Waals surface area (Å²) < 4.78 is 20.1. The number of carbonyl (C=O) groups excluding carboxylic acids is 1. The van der Waals surface area contributed by atoms with Gasteiger partial charge < -0.3 is 20.3 Å². The van der Waals surface area contributed by atoms with Crippen LogP contribution in [-0.2, 0) is 16.0 Å². The number of amides is 1. The maximum absolute atomic E-state index is 14.8. The third kappa shape index (κ3) is 4.27. The molecule has 0 spiro atoms. The van der Waals surface area contributed by atoms with Crippen molar-refractivity contribution in [3.63, 3.8) is 0 Å². The van der Waals surface area contributed by atoms with E-state index in [0.717, 1.165) is 64.3 Å². The molecule has 0 aromatic heterocycles. The molecule has 8 heteroatoms. The van der Waals surface area contributed by atoms with Crippen molar-refractivity contribution < 1.29 is 13.9 Å². The summed E-state index contributed by atoms with van der Waals surface area (Å²) in [6.07, 6.45) is 3.39. The fourth-order valence-corrected chi connectivity index (χ4v) is 5.44. The van der Waals surface area contributed by atoms with Gasteiger partial charge in [0.15, 0.2) is 0 Å². The normalized spacial score (nSPS) is 29.4. The van der Waals surface area contributed by atoms with Crippen LogP contribution >= 0.6 is 0 Å². The first kappa shape index (κ1) is 20.7. The van der Waals surface area contributed by atoms with Gasteiger partial charge in [-0.3, -0.25) is 9.69 Å². The van der Waals surface area contributed by atoms with E-state index < -0.39 is 6.04 Å². The molecule has 166 valence electrons. The predicted octanol–water partition coefficient (Wildman–Crippen LogP) is 1.04. The van der Waals surface area contributed by atoms with E-state index in [1.165, 1.54) is 0 Å². The van der Waals surface area contributed by atoms with Crippen molar-refractivity contribution in [2.45, 2.75) is 49.9 Å². The van der Waals surface area contributed by atoms with Crippen molar-refractivity contribution >= 4 is 11.6 Å². The van der Waals surface area contributed by atoms with E-state index in [4.69, 9.17) is 4.74 Å². The molecule has 2 bridgehead atoms. The van der Waals surface area contributed by atoms with Crippen LogP contribution in [0.4, 0.5) is 10.1 Å². The zero-order chi connectivity index (χ0) is 21.4. The molecule has 0 radical (unpaired) electrons. The largest absolute Gasteiger partial charge is 0.378 e. The van der Waals surface area contributed by atoms with Crippen molar-refractivity contribution in [1.29, 1.82) is 5.26 Å². The van der Waals surface area contributed by atoms with E-state index in [-0.39, 0.29) is 24.2 Å². The molecular formula is C23H30FN5O2. The quantitative estimate of drug-likeness (QED) is 0.706. The van der Waals surface area contributed by atoms with Crippen LogP contribution in [0.15, 0.2) is 18.2 Å². The van der Waals surface area contributed by atoms with Crippen LogP contribution < -0.4 is 15.5 Å². The van der Waals surface area contributed by atoms with Crippen LogP contribution in [0.1, 0.15) is 24.8 Å². The van der Waals surface area contributed by atoms with Gasteiger partial charge in [0.25, 0.3) is 0 Å². The molecule has 1 amide bonds. The molecule has 5 rings (SSSR count). The van der Waals surface area contributed by atoms with Crippen molar-refractivity contribution in [2.24, 2.45) is 5.92 Å².